The number of halogens is 2. The molecule has 0 amide bonds. The van der Waals surface area contributed by atoms with E-state index in [0.29, 0.717) is 4.88 Å². The molecule has 16 heavy (non-hydrogen) atoms. The first-order valence-electron chi connectivity index (χ1n) is 4.58. The number of rotatable bonds is 5. The molecule has 1 rings (SSSR count). The van der Waals surface area contributed by atoms with Crippen molar-refractivity contribution in [3.05, 3.63) is 21.4 Å². The largest absolute Gasteiger partial charge is 0.480 e. The normalized spacial score (nSPS) is 11.8. The Labute approximate surface area is 95.7 Å². The van der Waals surface area contributed by atoms with E-state index in [1.54, 1.807) is 13.8 Å². The fourth-order valence-corrected chi connectivity index (χ4v) is 2.32. The molecule has 0 fully saturated rings. The summed E-state index contributed by atoms with van der Waals surface area (Å²) in [6.07, 6.45) is 0. The number of carbonyl (C=O) groups is 1. The van der Waals surface area contributed by atoms with Crippen LogP contribution in [0.2, 0.25) is 0 Å². The van der Waals surface area contributed by atoms with Crippen LogP contribution >= 0.6 is 11.3 Å². The number of hydrogen-bond donors (Lipinski definition) is 1. The first-order valence-corrected chi connectivity index (χ1v) is 5.39. The molecule has 0 aliphatic carbocycles. The quantitative estimate of drug-likeness (QED) is 0.873. The van der Waals surface area contributed by atoms with Gasteiger partial charge in [-0.25, -0.2) is 4.79 Å². The number of aliphatic carboxylic acids is 1. The molecule has 3 nitrogen and oxygen atoms in total. The molecule has 0 spiro atoms. The van der Waals surface area contributed by atoms with Gasteiger partial charge in [-0.15, -0.1) is 11.3 Å². The van der Waals surface area contributed by atoms with E-state index in [1.165, 1.54) is 17.4 Å². The van der Waals surface area contributed by atoms with Gasteiger partial charge in [0, 0.05) is 15.3 Å². The minimum Gasteiger partial charge on any atom is -0.480 e. The Kier molecular flexibility index (Phi) is 3.98. The van der Waals surface area contributed by atoms with Gasteiger partial charge in [-0.05, 0) is 19.9 Å². The van der Waals surface area contributed by atoms with Crippen molar-refractivity contribution in [2.45, 2.75) is 19.8 Å². The molecule has 1 aromatic rings. The third kappa shape index (κ3) is 3.24. The van der Waals surface area contributed by atoms with Crippen molar-refractivity contribution in [1.29, 1.82) is 0 Å². The molecular weight excluding hydrogens is 238 g/mol. The van der Waals surface area contributed by atoms with Crippen LogP contribution in [0.25, 0.3) is 0 Å². The summed E-state index contributed by atoms with van der Waals surface area (Å²) >= 11 is 1.28. The maximum Gasteiger partial charge on any atom is 0.329 e. The molecule has 1 heterocycles. The highest BCUT2D eigenvalue weighted by Gasteiger charge is 2.34. The number of aryl methyl sites for hydroxylation is 2. The van der Waals surface area contributed by atoms with E-state index in [-0.39, 0.29) is 5.56 Å². The highest BCUT2D eigenvalue weighted by Crippen LogP contribution is 2.35. The van der Waals surface area contributed by atoms with E-state index < -0.39 is 25.1 Å². The number of hydrogen-bond acceptors (Lipinski definition) is 3. The zero-order chi connectivity index (χ0) is 12.3. The lowest BCUT2D eigenvalue weighted by Crippen LogP contribution is -2.23. The SMILES string of the molecule is Cc1cc(C(F)(F)COCC(=O)O)c(C)s1. The molecule has 90 valence electrons. The van der Waals surface area contributed by atoms with E-state index in [0.717, 1.165) is 4.88 Å². The molecule has 0 saturated carbocycles. The molecule has 1 aromatic heterocycles. The third-order valence-corrected chi connectivity index (χ3v) is 2.91. The number of carboxylic acids is 1. The van der Waals surface area contributed by atoms with Crippen molar-refractivity contribution in [2.75, 3.05) is 13.2 Å². The number of carboxylic acid groups (broad SMARTS) is 1. The van der Waals surface area contributed by atoms with E-state index in [2.05, 4.69) is 4.74 Å². The molecule has 0 bridgehead atoms. The van der Waals surface area contributed by atoms with Crippen LogP contribution in [0.3, 0.4) is 0 Å². The lowest BCUT2D eigenvalue weighted by atomic mass is 10.1. The van der Waals surface area contributed by atoms with Gasteiger partial charge in [0.25, 0.3) is 5.92 Å². The van der Waals surface area contributed by atoms with Crippen molar-refractivity contribution < 1.29 is 23.4 Å². The monoisotopic (exact) mass is 250 g/mol. The van der Waals surface area contributed by atoms with E-state index >= 15 is 0 Å². The van der Waals surface area contributed by atoms with Gasteiger partial charge in [-0.1, -0.05) is 0 Å². The van der Waals surface area contributed by atoms with Crippen LogP contribution in [0.15, 0.2) is 6.07 Å². The lowest BCUT2D eigenvalue weighted by molar-refractivity contribution is -0.147. The van der Waals surface area contributed by atoms with Gasteiger partial charge in [0.1, 0.15) is 13.2 Å². The molecule has 0 radical (unpaired) electrons. The van der Waals surface area contributed by atoms with Crippen molar-refractivity contribution in [3.8, 4) is 0 Å². The topological polar surface area (TPSA) is 46.5 Å². The van der Waals surface area contributed by atoms with Crippen LogP contribution < -0.4 is 0 Å². The molecule has 1 N–H and O–H groups in total. The standard InChI is InChI=1S/C10H12F2O3S/c1-6-3-8(7(2)16-6)10(11,12)5-15-4-9(13)14/h3H,4-5H2,1-2H3,(H,13,14). The summed E-state index contributed by atoms with van der Waals surface area (Å²) in [5.74, 6) is -4.39. The molecule has 0 saturated heterocycles. The van der Waals surface area contributed by atoms with Gasteiger partial charge in [-0.2, -0.15) is 8.78 Å². The van der Waals surface area contributed by atoms with E-state index in [9.17, 15) is 13.6 Å². The number of ether oxygens (including phenoxy) is 1. The predicted molar refractivity (Wildman–Crippen MR) is 56.1 cm³/mol. The molecule has 6 heteroatoms. The number of alkyl halides is 2. The first-order chi connectivity index (χ1) is 7.33. The summed E-state index contributed by atoms with van der Waals surface area (Å²) < 4.78 is 31.6. The average Bonchev–Trinajstić information content (AvgIpc) is 2.44. The van der Waals surface area contributed by atoms with Gasteiger partial charge in [-0.3, -0.25) is 0 Å². The van der Waals surface area contributed by atoms with Gasteiger partial charge in [0.2, 0.25) is 0 Å². The minimum absolute atomic E-state index is 0.0830. The molecule has 0 aromatic carbocycles. The minimum atomic E-state index is -3.13. The van der Waals surface area contributed by atoms with Gasteiger partial charge in [0.05, 0.1) is 0 Å². The van der Waals surface area contributed by atoms with Crippen molar-refractivity contribution in [3.63, 3.8) is 0 Å². The molecule has 0 aliphatic rings. The van der Waals surface area contributed by atoms with Crippen molar-refractivity contribution in [1.82, 2.24) is 0 Å². The third-order valence-electron chi connectivity index (χ3n) is 1.94. The zero-order valence-corrected chi connectivity index (χ0v) is 9.74. The summed E-state index contributed by atoms with van der Waals surface area (Å²) in [5, 5.41) is 8.27. The molecular formula is C10H12F2O3S. The Hall–Kier alpha value is -1.01. The summed E-state index contributed by atoms with van der Waals surface area (Å²) in [6.45, 7) is 1.74. The average molecular weight is 250 g/mol. The smallest absolute Gasteiger partial charge is 0.329 e. The van der Waals surface area contributed by atoms with Gasteiger partial charge < -0.3 is 9.84 Å². The predicted octanol–water partition coefficient (Wildman–Crippen LogP) is 2.56. The van der Waals surface area contributed by atoms with Crippen LogP contribution in [0.5, 0.6) is 0 Å². The summed E-state index contributed by atoms with van der Waals surface area (Å²) in [7, 11) is 0. The van der Waals surface area contributed by atoms with Crippen molar-refractivity contribution in [2.24, 2.45) is 0 Å². The fraction of sp³-hybridized carbons (Fsp3) is 0.500. The summed E-state index contributed by atoms with van der Waals surface area (Å²) in [5.41, 5.74) is -0.0830. The summed E-state index contributed by atoms with van der Waals surface area (Å²) in [6, 6.07) is 1.41. The van der Waals surface area contributed by atoms with Crippen LogP contribution in [0, 0.1) is 13.8 Å². The second-order valence-electron chi connectivity index (χ2n) is 3.42. The summed E-state index contributed by atoms with van der Waals surface area (Å²) in [4.78, 5) is 11.5. The Balaban J connectivity index is 2.69. The maximum absolute atomic E-state index is 13.6. The zero-order valence-electron chi connectivity index (χ0n) is 8.92. The second kappa shape index (κ2) is 4.88. The van der Waals surface area contributed by atoms with E-state index in [4.69, 9.17) is 5.11 Å². The highest BCUT2D eigenvalue weighted by molar-refractivity contribution is 7.12. The second-order valence-corrected chi connectivity index (χ2v) is 4.88. The Morgan fingerprint density at radius 3 is 2.62 bits per heavy atom. The Bertz CT molecular complexity index is 387. The van der Waals surface area contributed by atoms with Crippen LogP contribution in [-0.2, 0) is 15.5 Å². The molecule has 0 unspecified atom stereocenters. The van der Waals surface area contributed by atoms with E-state index in [1.807, 2.05) is 0 Å². The molecule has 0 atom stereocenters. The lowest BCUT2D eigenvalue weighted by Gasteiger charge is -2.15. The molecule has 0 aliphatic heterocycles. The van der Waals surface area contributed by atoms with Gasteiger partial charge in [0.15, 0.2) is 0 Å². The maximum atomic E-state index is 13.6. The number of thiophene rings is 1. The van der Waals surface area contributed by atoms with Crippen LogP contribution in [0.4, 0.5) is 8.78 Å². The van der Waals surface area contributed by atoms with Gasteiger partial charge >= 0.3 is 5.97 Å². The highest BCUT2D eigenvalue weighted by atomic mass is 32.1. The van der Waals surface area contributed by atoms with Crippen molar-refractivity contribution >= 4 is 17.3 Å². The first kappa shape index (κ1) is 13.1. The Morgan fingerprint density at radius 1 is 1.56 bits per heavy atom. The fourth-order valence-electron chi connectivity index (χ4n) is 1.34. The van der Waals surface area contributed by atoms with Crippen LogP contribution in [-0.4, -0.2) is 24.3 Å². The van der Waals surface area contributed by atoms with Crippen LogP contribution in [0.1, 0.15) is 15.3 Å². The Morgan fingerprint density at radius 2 is 2.19 bits per heavy atom.